The van der Waals surface area contributed by atoms with Crippen molar-refractivity contribution in [2.45, 2.75) is 6.18 Å². The predicted octanol–water partition coefficient (Wildman–Crippen LogP) is 0.986. The van der Waals surface area contributed by atoms with Crippen molar-refractivity contribution in [3.63, 3.8) is 0 Å². The zero-order chi connectivity index (χ0) is 17.3. The molecule has 0 heterocycles. The van der Waals surface area contributed by atoms with Gasteiger partial charge in [0.2, 0.25) is 0 Å². The van der Waals surface area contributed by atoms with Crippen LogP contribution in [0.25, 0.3) is 0 Å². The molecule has 0 spiro atoms. The van der Waals surface area contributed by atoms with Crippen molar-refractivity contribution < 1.29 is 22.7 Å². The molecule has 0 aliphatic heterocycles. The average molecular weight is 332 g/mol. The van der Waals surface area contributed by atoms with E-state index >= 15 is 0 Å². The van der Waals surface area contributed by atoms with Gasteiger partial charge in [-0.25, -0.2) is 0 Å². The molecule has 23 heavy (non-hydrogen) atoms. The minimum absolute atomic E-state index is 0.153. The molecule has 128 valence electrons. The van der Waals surface area contributed by atoms with Crippen LogP contribution in [0.4, 0.5) is 13.2 Å². The molecule has 1 amide bonds. The maximum absolute atomic E-state index is 12.4. The predicted molar refractivity (Wildman–Crippen MR) is 80.1 cm³/mol. The van der Waals surface area contributed by atoms with E-state index in [1.54, 1.807) is 7.11 Å². The summed E-state index contributed by atoms with van der Waals surface area (Å²) in [5, 5.41) is 5.35. The van der Waals surface area contributed by atoms with Crippen LogP contribution in [0, 0.1) is 0 Å². The van der Waals surface area contributed by atoms with Crippen LogP contribution < -0.4 is 16.4 Å². The standard InChI is InChI=1S/C14H19F3N4O2/c1-23-9-8-21-13(18)20-7-6-19-12(22)10-2-4-11(5-3-10)14(15,16)17/h2-5H,6-9H2,1H3,(H,19,22)(H3,18,20,21). The summed E-state index contributed by atoms with van der Waals surface area (Å²) in [7, 11) is 1.55. The number of halogens is 3. The Morgan fingerprint density at radius 2 is 1.83 bits per heavy atom. The molecule has 0 aromatic heterocycles. The number of ether oxygens (including phenoxy) is 1. The van der Waals surface area contributed by atoms with E-state index in [0.29, 0.717) is 19.7 Å². The van der Waals surface area contributed by atoms with Gasteiger partial charge < -0.3 is 21.1 Å². The number of amides is 1. The summed E-state index contributed by atoms with van der Waals surface area (Å²) in [6.45, 7) is 1.47. The Balaban J connectivity index is 2.35. The number of nitrogens with one attached hydrogen (secondary N) is 2. The second-order valence-electron chi connectivity index (χ2n) is 4.52. The number of nitrogens with zero attached hydrogens (tertiary/aromatic N) is 1. The Labute approximate surface area is 131 Å². The first kappa shape index (κ1) is 18.8. The lowest BCUT2D eigenvalue weighted by atomic mass is 10.1. The Hall–Kier alpha value is -2.29. The van der Waals surface area contributed by atoms with Crippen molar-refractivity contribution in [1.29, 1.82) is 0 Å². The Bertz CT molecular complexity index is 530. The lowest BCUT2D eigenvalue weighted by Gasteiger charge is -2.09. The highest BCUT2D eigenvalue weighted by molar-refractivity contribution is 5.94. The molecule has 0 radical (unpaired) electrons. The highest BCUT2D eigenvalue weighted by Crippen LogP contribution is 2.28. The monoisotopic (exact) mass is 332 g/mol. The lowest BCUT2D eigenvalue weighted by Crippen LogP contribution is -2.38. The van der Waals surface area contributed by atoms with E-state index in [2.05, 4.69) is 15.6 Å². The van der Waals surface area contributed by atoms with E-state index in [9.17, 15) is 18.0 Å². The fraction of sp³-hybridized carbons (Fsp3) is 0.429. The third-order valence-electron chi connectivity index (χ3n) is 2.77. The highest BCUT2D eigenvalue weighted by Gasteiger charge is 2.30. The third kappa shape index (κ3) is 7.00. The number of aliphatic imine (C=N–C) groups is 1. The quantitative estimate of drug-likeness (QED) is 0.395. The normalized spacial score (nSPS) is 12.1. The minimum atomic E-state index is -4.42. The van der Waals surface area contributed by atoms with Crippen molar-refractivity contribution in [3.8, 4) is 0 Å². The van der Waals surface area contributed by atoms with E-state index in [1.807, 2.05) is 0 Å². The Morgan fingerprint density at radius 1 is 1.22 bits per heavy atom. The van der Waals surface area contributed by atoms with Gasteiger partial charge in [0.05, 0.1) is 18.7 Å². The number of guanidine groups is 1. The molecule has 9 heteroatoms. The number of hydrogen-bond acceptors (Lipinski definition) is 3. The van der Waals surface area contributed by atoms with Crippen LogP contribution in [0.1, 0.15) is 15.9 Å². The molecular weight excluding hydrogens is 313 g/mol. The number of rotatable bonds is 7. The van der Waals surface area contributed by atoms with Crippen molar-refractivity contribution in [2.75, 3.05) is 33.4 Å². The molecule has 1 aromatic carbocycles. The topological polar surface area (TPSA) is 88.7 Å². The van der Waals surface area contributed by atoms with E-state index in [1.165, 1.54) is 0 Å². The summed E-state index contributed by atoms with van der Waals surface area (Å²) in [4.78, 5) is 15.7. The van der Waals surface area contributed by atoms with Crippen LogP contribution in [0.3, 0.4) is 0 Å². The molecule has 6 nitrogen and oxygen atoms in total. The van der Waals surface area contributed by atoms with Gasteiger partial charge in [0, 0.05) is 25.8 Å². The van der Waals surface area contributed by atoms with Gasteiger partial charge in [-0.3, -0.25) is 9.79 Å². The highest BCUT2D eigenvalue weighted by atomic mass is 19.4. The molecule has 0 aliphatic rings. The van der Waals surface area contributed by atoms with Gasteiger partial charge in [0.25, 0.3) is 5.91 Å². The Kier molecular flexibility index (Phi) is 7.33. The first-order valence-electron chi connectivity index (χ1n) is 6.82. The van der Waals surface area contributed by atoms with Gasteiger partial charge >= 0.3 is 6.18 Å². The summed E-state index contributed by atoms with van der Waals surface area (Å²) in [6, 6.07) is 4.00. The summed E-state index contributed by atoms with van der Waals surface area (Å²) in [6.07, 6.45) is -4.42. The fourth-order valence-corrected chi connectivity index (χ4v) is 1.59. The van der Waals surface area contributed by atoms with Crippen molar-refractivity contribution >= 4 is 11.9 Å². The number of alkyl halides is 3. The first-order chi connectivity index (χ1) is 10.8. The van der Waals surface area contributed by atoms with Crippen LogP contribution in [0.2, 0.25) is 0 Å². The lowest BCUT2D eigenvalue weighted by molar-refractivity contribution is -0.137. The summed E-state index contributed by atoms with van der Waals surface area (Å²) < 4.78 is 42.1. The number of methoxy groups -OCH3 is 1. The largest absolute Gasteiger partial charge is 0.416 e. The second-order valence-corrected chi connectivity index (χ2v) is 4.52. The molecule has 0 fully saturated rings. The van der Waals surface area contributed by atoms with Gasteiger partial charge in [-0.2, -0.15) is 13.2 Å². The van der Waals surface area contributed by atoms with Crippen molar-refractivity contribution in [1.82, 2.24) is 10.6 Å². The van der Waals surface area contributed by atoms with Gasteiger partial charge in [-0.15, -0.1) is 0 Å². The molecule has 0 unspecified atom stereocenters. The summed E-state index contributed by atoms with van der Waals surface area (Å²) in [5.74, 6) is -0.235. The van der Waals surface area contributed by atoms with Crippen LogP contribution >= 0.6 is 0 Å². The van der Waals surface area contributed by atoms with E-state index in [-0.39, 0.29) is 18.1 Å². The fourth-order valence-electron chi connectivity index (χ4n) is 1.59. The molecule has 0 bridgehead atoms. The maximum Gasteiger partial charge on any atom is 0.416 e. The van der Waals surface area contributed by atoms with Crippen LogP contribution in [0.15, 0.2) is 29.3 Å². The van der Waals surface area contributed by atoms with Crippen LogP contribution in [-0.4, -0.2) is 45.2 Å². The summed E-state index contributed by atoms with van der Waals surface area (Å²) >= 11 is 0. The van der Waals surface area contributed by atoms with Crippen LogP contribution in [-0.2, 0) is 10.9 Å². The maximum atomic E-state index is 12.4. The molecule has 4 N–H and O–H groups in total. The SMILES string of the molecule is COCCN=C(N)NCCNC(=O)c1ccc(C(F)(F)F)cc1. The average Bonchev–Trinajstić information content (AvgIpc) is 2.51. The number of hydrogen-bond donors (Lipinski definition) is 3. The first-order valence-corrected chi connectivity index (χ1v) is 6.82. The number of carbonyl (C=O) groups excluding carboxylic acids is 1. The molecule has 0 saturated carbocycles. The Morgan fingerprint density at radius 3 is 2.39 bits per heavy atom. The molecule has 0 atom stereocenters. The van der Waals surface area contributed by atoms with E-state index in [0.717, 1.165) is 24.3 Å². The number of benzene rings is 1. The van der Waals surface area contributed by atoms with Gasteiger partial charge in [-0.1, -0.05) is 0 Å². The molecule has 0 aliphatic carbocycles. The van der Waals surface area contributed by atoms with Crippen LogP contribution in [0.5, 0.6) is 0 Å². The number of nitrogens with two attached hydrogens (primary N) is 1. The van der Waals surface area contributed by atoms with Gasteiger partial charge in [-0.05, 0) is 24.3 Å². The van der Waals surface area contributed by atoms with Gasteiger partial charge in [0.15, 0.2) is 5.96 Å². The van der Waals surface area contributed by atoms with Gasteiger partial charge in [0.1, 0.15) is 0 Å². The zero-order valence-electron chi connectivity index (χ0n) is 12.6. The third-order valence-corrected chi connectivity index (χ3v) is 2.77. The van der Waals surface area contributed by atoms with Crippen molar-refractivity contribution in [3.05, 3.63) is 35.4 Å². The molecule has 0 saturated heterocycles. The second kappa shape index (κ2) is 8.99. The molecule has 1 aromatic rings. The zero-order valence-corrected chi connectivity index (χ0v) is 12.6. The minimum Gasteiger partial charge on any atom is -0.383 e. The number of carbonyl (C=O) groups is 1. The van der Waals surface area contributed by atoms with E-state index < -0.39 is 17.6 Å². The van der Waals surface area contributed by atoms with Crippen molar-refractivity contribution in [2.24, 2.45) is 10.7 Å². The van der Waals surface area contributed by atoms with E-state index in [4.69, 9.17) is 10.5 Å². The molecule has 1 rings (SSSR count). The molecular formula is C14H19F3N4O2. The smallest absolute Gasteiger partial charge is 0.383 e. The summed E-state index contributed by atoms with van der Waals surface area (Å²) in [5.41, 5.74) is 4.92.